The van der Waals surface area contributed by atoms with Crippen molar-refractivity contribution in [1.29, 1.82) is 0 Å². The second-order valence-electron chi connectivity index (χ2n) is 5.54. The molecule has 5 nitrogen and oxygen atoms in total. The molecule has 2 saturated heterocycles. The van der Waals surface area contributed by atoms with E-state index in [9.17, 15) is 4.79 Å². The largest absolute Gasteiger partial charge is 0.383 e. The number of pyridine rings is 1. The zero-order valence-electron chi connectivity index (χ0n) is 11.0. The Morgan fingerprint density at radius 1 is 1.47 bits per heavy atom. The standard InChI is InChI=1S/C14H20N4O/c15-14-11(2-1-6-16-14)9-18-7-5-12-10(8-18)3-4-13(19)17-12/h1-2,6,10,12H,3-5,7-9H2,(H2,15,16)(H,17,19). The molecule has 2 aliphatic rings. The van der Waals surface area contributed by atoms with Crippen molar-refractivity contribution in [3.05, 3.63) is 23.9 Å². The molecule has 5 heteroatoms. The van der Waals surface area contributed by atoms with Crippen LogP contribution in [0.5, 0.6) is 0 Å². The van der Waals surface area contributed by atoms with E-state index in [1.165, 1.54) is 0 Å². The van der Waals surface area contributed by atoms with Gasteiger partial charge in [-0.15, -0.1) is 0 Å². The second-order valence-corrected chi connectivity index (χ2v) is 5.54. The Kier molecular flexibility index (Phi) is 3.38. The third-order valence-electron chi connectivity index (χ3n) is 4.23. The fraction of sp³-hybridized carbons (Fsp3) is 0.571. The van der Waals surface area contributed by atoms with Gasteiger partial charge in [-0.2, -0.15) is 0 Å². The molecule has 2 aliphatic heterocycles. The number of carbonyl (C=O) groups is 1. The van der Waals surface area contributed by atoms with Crippen LogP contribution >= 0.6 is 0 Å². The van der Waals surface area contributed by atoms with Crippen molar-refractivity contribution in [1.82, 2.24) is 15.2 Å². The van der Waals surface area contributed by atoms with Gasteiger partial charge in [-0.25, -0.2) is 4.98 Å². The van der Waals surface area contributed by atoms with E-state index in [0.29, 0.717) is 24.2 Å². The van der Waals surface area contributed by atoms with Crippen LogP contribution < -0.4 is 11.1 Å². The van der Waals surface area contributed by atoms with Crippen LogP contribution in [0.1, 0.15) is 24.8 Å². The molecule has 3 rings (SSSR count). The maximum absolute atomic E-state index is 11.4. The number of fused-ring (bicyclic) bond motifs is 1. The first-order chi connectivity index (χ1) is 9.22. The molecule has 3 heterocycles. The number of rotatable bonds is 2. The molecule has 0 aliphatic carbocycles. The predicted molar refractivity (Wildman–Crippen MR) is 73.2 cm³/mol. The van der Waals surface area contributed by atoms with Gasteiger partial charge in [0.05, 0.1) is 0 Å². The summed E-state index contributed by atoms with van der Waals surface area (Å²) in [5, 5.41) is 3.11. The summed E-state index contributed by atoms with van der Waals surface area (Å²) < 4.78 is 0. The minimum absolute atomic E-state index is 0.214. The van der Waals surface area contributed by atoms with Crippen molar-refractivity contribution in [3.8, 4) is 0 Å². The molecule has 2 unspecified atom stereocenters. The van der Waals surface area contributed by atoms with E-state index in [-0.39, 0.29) is 5.91 Å². The summed E-state index contributed by atoms with van der Waals surface area (Å²) in [5.74, 6) is 1.43. The summed E-state index contributed by atoms with van der Waals surface area (Å²) in [5.41, 5.74) is 6.99. The Hall–Kier alpha value is -1.62. The highest BCUT2D eigenvalue weighted by Gasteiger charge is 2.33. The zero-order chi connectivity index (χ0) is 13.2. The van der Waals surface area contributed by atoms with Gasteiger partial charge in [0, 0.05) is 43.9 Å². The lowest BCUT2D eigenvalue weighted by molar-refractivity contribution is -0.125. The summed E-state index contributed by atoms with van der Waals surface area (Å²) in [6.45, 7) is 2.91. The van der Waals surface area contributed by atoms with Crippen LogP contribution in [-0.4, -0.2) is 34.9 Å². The maximum Gasteiger partial charge on any atom is 0.220 e. The highest BCUT2D eigenvalue weighted by atomic mass is 16.1. The summed E-state index contributed by atoms with van der Waals surface area (Å²) in [4.78, 5) is 17.9. The summed E-state index contributed by atoms with van der Waals surface area (Å²) >= 11 is 0. The van der Waals surface area contributed by atoms with Crippen molar-refractivity contribution in [2.45, 2.75) is 31.8 Å². The number of hydrogen-bond acceptors (Lipinski definition) is 4. The Morgan fingerprint density at radius 3 is 3.21 bits per heavy atom. The predicted octanol–water partition coefficient (Wildman–Crippen LogP) is 0.764. The number of carbonyl (C=O) groups excluding carboxylic acids is 1. The molecule has 0 radical (unpaired) electrons. The van der Waals surface area contributed by atoms with E-state index in [1.54, 1.807) is 6.20 Å². The zero-order valence-corrected chi connectivity index (χ0v) is 11.0. The number of hydrogen-bond donors (Lipinski definition) is 2. The smallest absolute Gasteiger partial charge is 0.220 e. The Morgan fingerprint density at radius 2 is 2.37 bits per heavy atom. The van der Waals surface area contributed by atoms with Gasteiger partial charge in [0.25, 0.3) is 0 Å². The number of nitrogens with zero attached hydrogens (tertiary/aromatic N) is 2. The summed E-state index contributed by atoms with van der Waals surface area (Å²) in [7, 11) is 0. The average Bonchev–Trinajstić information content (AvgIpc) is 2.41. The van der Waals surface area contributed by atoms with Crippen molar-refractivity contribution in [2.75, 3.05) is 18.8 Å². The first-order valence-corrected chi connectivity index (χ1v) is 6.93. The number of nitrogens with one attached hydrogen (secondary N) is 1. The molecule has 1 aromatic heterocycles. The third-order valence-corrected chi connectivity index (χ3v) is 4.23. The highest BCUT2D eigenvalue weighted by Crippen LogP contribution is 2.26. The van der Waals surface area contributed by atoms with Crippen LogP contribution in [-0.2, 0) is 11.3 Å². The molecule has 102 valence electrons. The van der Waals surface area contributed by atoms with Crippen LogP contribution in [0.25, 0.3) is 0 Å². The minimum Gasteiger partial charge on any atom is -0.383 e. The van der Waals surface area contributed by atoms with Crippen LogP contribution in [0.3, 0.4) is 0 Å². The number of amides is 1. The quantitative estimate of drug-likeness (QED) is 0.823. The van der Waals surface area contributed by atoms with Crippen molar-refractivity contribution < 1.29 is 4.79 Å². The second kappa shape index (κ2) is 5.17. The maximum atomic E-state index is 11.4. The van der Waals surface area contributed by atoms with Crippen LogP contribution in [0.15, 0.2) is 18.3 Å². The molecule has 1 aromatic rings. The van der Waals surface area contributed by atoms with E-state index in [4.69, 9.17) is 5.73 Å². The molecule has 2 fully saturated rings. The van der Waals surface area contributed by atoms with Gasteiger partial charge in [0.15, 0.2) is 0 Å². The third kappa shape index (κ3) is 2.71. The number of nitrogen functional groups attached to an aromatic ring is 1. The molecule has 0 spiro atoms. The van der Waals surface area contributed by atoms with Gasteiger partial charge in [-0.3, -0.25) is 9.69 Å². The lowest BCUT2D eigenvalue weighted by atomic mass is 9.85. The summed E-state index contributed by atoms with van der Waals surface area (Å²) in [6.07, 6.45) is 4.44. The van der Waals surface area contributed by atoms with E-state index in [2.05, 4.69) is 15.2 Å². The van der Waals surface area contributed by atoms with Crippen molar-refractivity contribution in [2.24, 2.45) is 5.92 Å². The number of anilines is 1. The van der Waals surface area contributed by atoms with Crippen LogP contribution in [0.4, 0.5) is 5.82 Å². The monoisotopic (exact) mass is 260 g/mol. The van der Waals surface area contributed by atoms with Crippen LogP contribution in [0, 0.1) is 5.92 Å². The molecule has 19 heavy (non-hydrogen) atoms. The molecule has 2 atom stereocenters. The molecule has 3 N–H and O–H groups in total. The lowest BCUT2D eigenvalue weighted by Crippen LogP contribution is -2.53. The lowest BCUT2D eigenvalue weighted by Gasteiger charge is -2.41. The van der Waals surface area contributed by atoms with E-state index in [0.717, 1.165) is 38.0 Å². The molecule has 0 aromatic carbocycles. The SMILES string of the molecule is Nc1ncccc1CN1CCC2NC(=O)CCC2C1. The van der Waals surface area contributed by atoms with Gasteiger partial charge in [-0.05, 0) is 24.8 Å². The van der Waals surface area contributed by atoms with Gasteiger partial charge in [0.2, 0.25) is 5.91 Å². The number of aromatic nitrogens is 1. The van der Waals surface area contributed by atoms with E-state index in [1.807, 2.05) is 12.1 Å². The number of likely N-dealkylation sites (tertiary alicyclic amines) is 1. The van der Waals surface area contributed by atoms with Crippen molar-refractivity contribution >= 4 is 11.7 Å². The Bertz CT molecular complexity index is 476. The Balaban J connectivity index is 1.62. The van der Waals surface area contributed by atoms with Gasteiger partial charge in [0.1, 0.15) is 5.82 Å². The normalized spacial score (nSPS) is 27.7. The molecule has 0 saturated carbocycles. The topological polar surface area (TPSA) is 71.2 Å². The van der Waals surface area contributed by atoms with Crippen molar-refractivity contribution in [3.63, 3.8) is 0 Å². The average molecular weight is 260 g/mol. The number of piperidine rings is 2. The molecular weight excluding hydrogens is 240 g/mol. The minimum atomic E-state index is 0.214. The molecular formula is C14H20N4O. The first kappa shape index (κ1) is 12.4. The summed E-state index contributed by atoms with van der Waals surface area (Å²) in [6, 6.07) is 4.35. The Labute approximate surface area is 113 Å². The van der Waals surface area contributed by atoms with E-state index < -0.39 is 0 Å². The first-order valence-electron chi connectivity index (χ1n) is 6.93. The fourth-order valence-corrected chi connectivity index (χ4v) is 3.15. The van der Waals surface area contributed by atoms with Crippen LogP contribution in [0.2, 0.25) is 0 Å². The van der Waals surface area contributed by atoms with Gasteiger partial charge in [-0.1, -0.05) is 6.07 Å². The number of nitrogens with two attached hydrogens (primary N) is 1. The van der Waals surface area contributed by atoms with Gasteiger partial charge < -0.3 is 11.1 Å². The highest BCUT2D eigenvalue weighted by molar-refractivity contribution is 5.77. The molecule has 1 amide bonds. The van der Waals surface area contributed by atoms with Gasteiger partial charge >= 0.3 is 0 Å². The van der Waals surface area contributed by atoms with E-state index >= 15 is 0 Å². The fourth-order valence-electron chi connectivity index (χ4n) is 3.15. The molecule has 0 bridgehead atoms.